The molecule has 7 N–H and O–H groups in total. The van der Waals surface area contributed by atoms with E-state index in [9.17, 15) is 29.4 Å². The van der Waals surface area contributed by atoms with Gasteiger partial charge < -0.3 is 36.5 Å². The molecule has 0 aliphatic carbocycles. The van der Waals surface area contributed by atoms with Gasteiger partial charge in [0.2, 0.25) is 17.7 Å². The molecule has 1 aliphatic heterocycles. The molecule has 35 heavy (non-hydrogen) atoms. The first kappa shape index (κ1) is 25.7. The van der Waals surface area contributed by atoms with Crippen LogP contribution >= 0.6 is 0 Å². The number of carbonyl (C=O) groups is 4. The number of likely N-dealkylation sites (tertiary alicyclic amines) is 1. The molecule has 12 heteroatoms. The van der Waals surface area contributed by atoms with E-state index in [2.05, 4.69) is 20.6 Å². The fraction of sp³-hybridized carbons (Fsp3) is 0.435. The van der Waals surface area contributed by atoms with Crippen LogP contribution in [0.2, 0.25) is 0 Å². The summed E-state index contributed by atoms with van der Waals surface area (Å²) in [4.78, 5) is 58.7. The number of nitrogens with two attached hydrogens (primary N) is 1. The molecule has 4 atom stereocenters. The average molecular weight is 487 g/mol. The van der Waals surface area contributed by atoms with Crippen LogP contribution in [0.4, 0.5) is 0 Å². The monoisotopic (exact) mass is 486 g/mol. The summed E-state index contributed by atoms with van der Waals surface area (Å²) >= 11 is 0. The van der Waals surface area contributed by atoms with Crippen molar-refractivity contribution in [2.45, 2.75) is 56.8 Å². The fourth-order valence-electron chi connectivity index (χ4n) is 3.96. The highest BCUT2D eigenvalue weighted by Crippen LogP contribution is 2.20. The van der Waals surface area contributed by atoms with Crippen molar-refractivity contribution in [2.24, 2.45) is 5.73 Å². The van der Waals surface area contributed by atoms with Gasteiger partial charge in [0.15, 0.2) is 0 Å². The van der Waals surface area contributed by atoms with Crippen molar-refractivity contribution >= 4 is 23.7 Å². The third-order valence-corrected chi connectivity index (χ3v) is 5.84. The molecule has 12 nitrogen and oxygen atoms in total. The first-order valence-electron chi connectivity index (χ1n) is 11.3. The molecule has 1 saturated heterocycles. The second-order valence-electron chi connectivity index (χ2n) is 8.59. The third kappa shape index (κ3) is 6.79. The van der Waals surface area contributed by atoms with E-state index in [-0.39, 0.29) is 25.1 Å². The van der Waals surface area contributed by atoms with Crippen LogP contribution in [0.3, 0.4) is 0 Å². The van der Waals surface area contributed by atoms with Crippen LogP contribution in [-0.2, 0) is 32.0 Å². The molecule has 1 aromatic carbocycles. The van der Waals surface area contributed by atoms with Crippen molar-refractivity contribution in [1.29, 1.82) is 0 Å². The molecule has 188 valence electrons. The number of rotatable bonds is 10. The van der Waals surface area contributed by atoms with Gasteiger partial charge in [-0.05, 0) is 37.5 Å². The molecule has 0 spiro atoms. The maximum absolute atomic E-state index is 13.3. The number of aromatic amines is 1. The van der Waals surface area contributed by atoms with Crippen molar-refractivity contribution in [3.63, 3.8) is 0 Å². The number of H-pyrrole nitrogens is 1. The Balaban J connectivity index is 1.83. The van der Waals surface area contributed by atoms with Crippen molar-refractivity contribution < 1.29 is 29.4 Å². The number of benzene rings is 1. The maximum Gasteiger partial charge on any atom is 0.326 e. The molecule has 2 heterocycles. The number of carboxylic acids is 1. The lowest BCUT2D eigenvalue weighted by Gasteiger charge is -2.28. The Labute approximate surface area is 201 Å². The molecule has 0 radical (unpaired) electrons. The van der Waals surface area contributed by atoms with E-state index in [0.29, 0.717) is 24.1 Å². The van der Waals surface area contributed by atoms with Crippen molar-refractivity contribution in [2.75, 3.05) is 6.54 Å². The number of phenolic OH excluding ortho intramolecular Hbond substituents is 1. The fourth-order valence-corrected chi connectivity index (χ4v) is 3.96. The zero-order valence-corrected chi connectivity index (χ0v) is 19.3. The second-order valence-corrected chi connectivity index (χ2v) is 8.59. The largest absolute Gasteiger partial charge is 0.508 e. The van der Waals surface area contributed by atoms with Crippen molar-refractivity contribution in [1.82, 2.24) is 25.5 Å². The number of aliphatic carboxylic acids is 1. The van der Waals surface area contributed by atoms with Gasteiger partial charge >= 0.3 is 5.97 Å². The molecule has 4 unspecified atom stereocenters. The third-order valence-electron chi connectivity index (χ3n) is 5.84. The number of hydrogen-bond donors (Lipinski definition) is 6. The van der Waals surface area contributed by atoms with E-state index in [1.165, 1.54) is 36.5 Å². The van der Waals surface area contributed by atoms with Crippen LogP contribution in [0.15, 0.2) is 36.8 Å². The number of aromatic hydroxyl groups is 1. The molecular formula is C23H30N6O6. The Kier molecular flexibility index (Phi) is 8.42. The minimum Gasteiger partial charge on any atom is -0.508 e. The number of nitrogens with zero attached hydrogens (tertiary/aromatic N) is 2. The van der Waals surface area contributed by atoms with E-state index in [1.807, 2.05) is 0 Å². The lowest BCUT2D eigenvalue weighted by atomic mass is 10.0. The highest BCUT2D eigenvalue weighted by Gasteiger charge is 2.38. The highest BCUT2D eigenvalue weighted by molar-refractivity contribution is 5.94. The number of imidazole rings is 1. The Morgan fingerprint density at radius 1 is 1.14 bits per heavy atom. The number of carbonyl (C=O) groups excluding carboxylic acids is 3. The van der Waals surface area contributed by atoms with Gasteiger partial charge in [0, 0.05) is 31.3 Å². The SMILES string of the molecule is CC(N)C(=O)NC(Cc1ccc(O)cc1)C(=O)NC(Cc1cnc[nH]1)C(=O)N1CCCC1C(=O)O. The van der Waals surface area contributed by atoms with E-state index in [0.717, 1.165) is 0 Å². The summed E-state index contributed by atoms with van der Waals surface area (Å²) in [5, 5.41) is 24.3. The van der Waals surface area contributed by atoms with E-state index in [4.69, 9.17) is 5.73 Å². The molecule has 0 bridgehead atoms. The first-order chi connectivity index (χ1) is 16.7. The van der Waals surface area contributed by atoms with Crippen LogP contribution in [0.25, 0.3) is 0 Å². The van der Waals surface area contributed by atoms with E-state index < -0.39 is 47.9 Å². The minimum atomic E-state index is -1.10. The molecule has 3 rings (SSSR count). The predicted octanol–water partition coefficient (Wildman–Crippen LogP) is -0.707. The molecule has 2 aromatic rings. The summed E-state index contributed by atoms with van der Waals surface area (Å²) in [6.45, 7) is 1.75. The Hall–Kier alpha value is -3.93. The second kappa shape index (κ2) is 11.5. The normalized spacial score (nSPS) is 17.9. The van der Waals surface area contributed by atoms with Gasteiger partial charge in [-0.2, -0.15) is 0 Å². The van der Waals surface area contributed by atoms with Crippen molar-refractivity contribution in [3.05, 3.63) is 48.0 Å². The quantitative estimate of drug-likeness (QED) is 0.254. The lowest BCUT2D eigenvalue weighted by molar-refractivity contribution is -0.149. The highest BCUT2D eigenvalue weighted by atomic mass is 16.4. The molecule has 1 aromatic heterocycles. The number of phenols is 1. The van der Waals surface area contributed by atoms with Crippen LogP contribution in [0, 0.1) is 0 Å². The Morgan fingerprint density at radius 3 is 2.43 bits per heavy atom. The summed E-state index contributed by atoms with van der Waals surface area (Å²) in [7, 11) is 0. The number of carboxylic acid groups (broad SMARTS) is 1. The molecule has 1 fully saturated rings. The molecule has 3 amide bonds. The molecule has 0 saturated carbocycles. The van der Waals surface area contributed by atoms with E-state index in [1.54, 1.807) is 12.1 Å². The zero-order chi connectivity index (χ0) is 25.5. The lowest BCUT2D eigenvalue weighted by Crippen LogP contribution is -2.58. The maximum atomic E-state index is 13.3. The Morgan fingerprint density at radius 2 is 1.83 bits per heavy atom. The average Bonchev–Trinajstić information content (AvgIpc) is 3.51. The summed E-state index contributed by atoms with van der Waals surface area (Å²) in [5.41, 5.74) is 6.89. The summed E-state index contributed by atoms with van der Waals surface area (Å²) in [5.74, 6) is -2.75. The standard InChI is InChI=1S/C23H30N6O6/c1-13(24)20(31)27-17(9-14-4-6-16(30)7-5-14)21(32)28-18(10-15-11-25-12-26-15)22(33)29-8-2-3-19(29)23(34)35/h4-7,11-13,17-19,30H,2-3,8-10,24H2,1H3,(H,25,26)(H,27,31)(H,28,32)(H,34,35). The summed E-state index contributed by atoms with van der Waals surface area (Å²) in [6.07, 6.45) is 3.96. The van der Waals surface area contributed by atoms with E-state index >= 15 is 0 Å². The minimum absolute atomic E-state index is 0.0539. The molecular weight excluding hydrogens is 456 g/mol. The first-order valence-corrected chi connectivity index (χ1v) is 11.3. The van der Waals surface area contributed by atoms with Gasteiger partial charge in [0.05, 0.1) is 12.4 Å². The van der Waals surface area contributed by atoms with Crippen LogP contribution < -0.4 is 16.4 Å². The van der Waals surface area contributed by atoms with Gasteiger partial charge in [0.1, 0.15) is 23.9 Å². The summed E-state index contributed by atoms with van der Waals surface area (Å²) in [6, 6.07) is 2.16. The number of aromatic nitrogens is 2. The number of hydrogen-bond acceptors (Lipinski definition) is 7. The Bertz CT molecular complexity index is 1040. The van der Waals surface area contributed by atoms with Gasteiger partial charge in [-0.3, -0.25) is 14.4 Å². The van der Waals surface area contributed by atoms with Crippen molar-refractivity contribution in [3.8, 4) is 5.75 Å². The number of nitrogens with one attached hydrogen (secondary N) is 3. The number of amides is 3. The van der Waals surface area contributed by atoms with Gasteiger partial charge in [-0.25, -0.2) is 9.78 Å². The van der Waals surface area contributed by atoms with Crippen LogP contribution in [0.5, 0.6) is 5.75 Å². The topological polar surface area (TPSA) is 191 Å². The smallest absolute Gasteiger partial charge is 0.326 e. The summed E-state index contributed by atoms with van der Waals surface area (Å²) < 4.78 is 0. The van der Waals surface area contributed by atoms with Gasteiger partial charge in [0.25, 0.3) is 0 Å². The zero-order valence-electron chi connectivity index (χ0n) is 19.3. The van der Waals surface area contributed by atoms with Crippen LogP contribution in [0.1, 0.15) is 31.0 Å². The van der Waals surface area contributed by atoms with Crippen LogP contribution in [-0.4, -0.2) is 79.5 Å². The van der Waals surface area contributed by atoms with Gasteiger partial charge in [-0.15, -0.1) is 0 Å². The predicted molar refractivity (Wildman–Crippen MR) is 124 cm³/mol. The van der Waals surface area contributed by atoms with Gasteiger partial charge in [-0.1, -0.05) is 12.1 Å². The molecule has 1 aliphatic rings.